The summed E-state index contributed by atoms with van der Waals surface area (Å²) < 4.78 is 26.9. The first-order valence-electron chi connectivity index (χ1n) is 5.45. The smallest absolute Gasteiger partial charge is 0.284 e. The molecular weight excluding hydrogens is 302 g/mol. The summed E-state index contributed by atoms with van der Waals surface area (Å²) in [4.78, 5) is -0.0102. The van der Waals surface area contributed by atoms with E-state index in [1.54, 1.807) is 18.2 Å². The number of allylic oxidation sites excluding steroid dienone is 3. The van der Waals surface area contributed by atoms with Crippen molar-refractivity contribution in [2.24, 2.45) is 9.63 Å². The summed E-state index contributed by atoms with van der Waals surface area (Å²) in [7, 11) is -3.88. The highest BCUT2D eigenvalue weighted by Gasteiger charge is 2.12. The molecule has 0 spiro atoms. The van der Waals surface area contributed by atoms with Crippen LogP contribution in [0.1, 0.15) is 0 Å². The van der Waals surface area contributed by atoms with Crippen molar-refractivity contribution in [2.75, 3.05) is 0 Å². The van der Waals surface area contributed by atoms with E-state index in [4.69, 9.17) is 11.6 Å². The summed E-state index contributed by atoms with van der Waals surface area (Å²) >= 11 is 5.68. The number of rotatable bonds is 3. The molecule has 1 aromatic rings. The molecule has 8 heteroatoms. The van der Waals surface area contributed by atoms with Crippen molar-refractivity contribution in [3.05, 3.63) is 65.6 Å². The maximum absolute atomic E-state index is 11.8. The molecule has 0 aromatic heterocycles. The average molecular weight is 312 g/mol. The minimum Gasteiger partial charge on any atom is -0.284 e. The fourth-order valence-corrected chi connectivity index (χ4v) is 2.22. The first kappa shape index (κ1) is 14.4. The van der Waals surface area contributed by atoms with Gasteiger partial charge in [0, 0.05) is 11.2 Å². The van der Waals surface area contributed by atoms with E-state index in [1.165, 1.54) is 30.5 Å². The normalized spacial score (nSPS) is 17.3. The predicted octanol–water partition coefficient (Wildman–Crippen LogP) is 3.10. The van der Waals surface area contributed by atoms with Crippen molar-refractivity contribution in [1.82, 2.24) is 5.06 Å². The molecule has 0 radical (unpaired) electrons. The Hall–Kier alpha value is -1.96. The largest absolute Gasteiger partial charge is 0.299 e. The zero-order valence-electron chi connectivity index (χ0n) is 10.1. The lowest BCUT2D eigenvalue weighted by Crippen LogP contribution is -2.10. The van der Waals surface area contributed by atoms with Gasteiger partial charge in [-0.05, 0) is 36.4 Å². The van der Waals surface area contributed by atoms with Crippen LogP contribution in [-0.2, 0) is 10.0 Å². The Morgan fingerprint density at radius 3 is 2.55 bits per heavy atom. The quantitative estimate of drug-likeness (QED) is 0.869. The lowest BCUT2D eigenvalue weighted by molar-refractivity contribution is -0.000512. The summed E-state index contributed by atoms with van der Waals surface area (Å²) in [5, 5.41) is 14.1. The Morgan fingerprint density at radius 2 is 1.90 bits per heavy atom. The van der Waals surface area contributed by atoms with E-state index in [1.807, 2.05) is 0 Å². The summed E-state index contributed by atoms with van der Waals surface area (Å²) in [6.45, 7) is 0. The van der Waals surface area contributed by atoms with E-state index in [-0.39, 0.29) is 4.90 Å². The summed E-state index contributed by atoms with van der Waals surface area (Å²) in [6.07, 6.45) is 7.34. The molecule has 1 heterocycles. The number of hydrogen-bond acceptors (Lipinski definition) is 5. The molecule has 2 rings (SSSR count). The molecule has 1 aliphatic rings. The highest BCUT2D eigenvalue weighted by Crippen LogP contribution is 2.17. The van der Waals surface area contributed by atoms with E-state index in [2.05, 4.69) is 9.63 Å². The third-order valence-electron chi connectivity index (χ3n) is 2.33. The van der Waals surface area contributed by atoms with Crippen LogP contribution in [0.25, 0.3) is 0 Å². The monoisotopic (exact) mass is 311 g/mol. The van der Waals surface area contributed by atoms with Crippen LogP contribution in [0.3, 0.4) is 0 Å². The second kappa shape index (κ2) is 6.00. The standard InChI is InChI=1S/C12H10ClN3O3S/c13-10-4-6-12(7-5-10)20(18,19)15-14-9-11-3-1-2-8-16(11)17/h1-9,17H. The highest BCUT2D eigenvalue weighted by molar-refractivity contribution is 7.90. The molecule has 0 unspecified atom stereocenters. The van der Waals surface area contributed by atoms with Crippen molar-refractivity contribution >= 4 is 21.6 Å². The van der Waals surface area contributed by atoms with Crippen LogP contribution < -0.4 is 0 Å². The maximum Gasteiger partial charge on any atom is 0.299 e. The van der Waals surface area contributed by atoms with Gasteiger partial charge in [0.05, 0.1) is 16.8 Å². The Kier molecular flexibility index (Phi) is 4.33. The molecule has 20 heavy (non-hydrogen) atoms. The fourth-order valence-electron chi connectivity index (χ4n) is 1.35. The SMILES string of the molecule is O=S(=O)(N=NC=C1C=CC=CN1O)c1ccc(Cl)cc1. The van der Waals surface area contributed by atoms with E-state index < -0.39 is 10.0 Å². The molecule has 0 saturated heterocycles. The van der Waals surface area contributed by atoms with Crippen molar-refractivity contribution in [3.63, 3.8) is 0 Å². The Balaban J connectivity index is 2.18. The Labute approximate surface area is 121 Å². The molecule has 104 valence electrons. The third kappa shape index (κ3) is 3.53. The molecule has 1 aromatic carbocycles. The minimum absolute atomic E-state index is 0.0102. The lowest BCUT2D eigenvalue weighted by atomic mass is 10.3. The molecule has 0 fully saturated rings. The summed E-state index contributed by atoms with van der Waals surface area (Å²) in [5.41, 5.74) is 0.294. The second-order valence-electron chi connectivity index (χ2n) is 3.73. The number of benzene rings is 1. The molecule has 0 atom stereocenters. The second-order valence-corrected chi connectivity index (χ2v) is 5.75. The summed E-state index contributed by atoms with van der Waals surface area (Å²) in [6, 6.07) is 5.58. The summed E-state index contributed by atoms with van der Waals surface area (Å²) in [5.74, 6) is 0. The lowest BCUT2D eigenvalue weighted by Gasteiger charge is -2.13. The zero-order chi connectivity index (χ0) is 14.6. The number of sulfonamides is 1. The van der Waals surface area contributed by atoms with Crippen LogP contribution in [0.2, 0.25) is 5.02 Å². The zero-order valence-corrected chi connectivity index (χ0v) is 11.7. The van der Waals surface area contributed by atoms with Gasteiger partial charge in [-0.1, -0.05) is 22.2 Å². The van der Waals surface area contributed by atoms with Gasteiger partial charge in [0.15, 0.2) is 0 Å². The van der Waals surface area contributed by atoms with Crippen LogP contribution in [-0.4, -0.2) is 18.7 Å². The Morgan fingerprint density at radius 1 is 1.20 bits per heavy atom. The minimum atomic E-state index is -3.88. The Bertz CT molecular complexity index is 706. The molecule has 1 N–H and O–H groups in total. The maximum atomic E-state index is 11.8. The van der Waals surface area contributed by atoms with Crippen LogP contribution in [0.15, 0.2) is 75.1 Å². The molecular formula is C12H10ClN3O3S. The molecule has 0 bridgehead atoms. The molecule has 6 nitrogen and oxygen atoms in total. The average Bonchev–Trinajstić information content (AvgIpc) is 2.41. The van der Waals surface area contributed by atoms with Crippen LogP contribution in [0.4, 0.5) is 0 Å². The van der Waals surface area contributed by atoms with Crippen LogP contribution in [0.5, 0.6) is 0 Å². The molecule has 0 aliphatic carbocycles. The van der Waals surface area contributed by atoms with Crippen molar-refractivity contribution < 1.29 is 13.6 Å². The van der Waals surface area contributed by atoms with E-state index in [9.17, 15) is 13.6 Å². The number of hydrogen-bond donors (Lipinski definition) is 1. The van der Waals surface area contributed by atoms with Crippen molar-refractivity contribution in [2.45, 2.75) is 4.90 Å². The third-order valence-corrected chi connectivity index (χ3v) is 3.76. The van der Waals surface area contributed by atoms with Crippen molar-refractivity contribution in [1.29, 1.82) is 0 Å². The van der Waals surface area contributed by atoms with Gasteiger partial charge in [0.2, 0.25) is 0 Å². The first-order valence-corrected chi connectivity index (χ1v) is 7.27. The van der Waals surface area contributed by atoms with E-state index in [0.29, 0.717) is 10.7 Å². The van der Waals surface area contributed by atoms with Gasteiger partial charge in [-0.15, -0.1) is 5.11 Å². The predicted molar refractivity (Wildman–Crippen MR) is 73.5 cm³/mol. The van der Waals surface area contributed by atoms with Gasteiger partial charge in [-0.25, -0.2) is 5.06 Å². The fraction of sp³-hybridized carbons (Fsp3) is 0. The van der Waals surface area contributed by atoms with Crippen molar-refractivity contribution in [3.8, 4) is 0 Å². The number of halogens is 1. The van der Waals surface area contributed by atoms with Gasteiger partial charge < -0.3 is 0 Å². The van der Waals surface area contributed by atoms with Gasteiger partial charge >= 0.3 is 0 Å². The van der Waals surface area contributed by atoms with E-state index >= 15 is 0 Å². The van der Waals surface area contributed by atoms with E-state index in [0.717, 1.165) is 11.3 Å². The van der Waals surface area contributed by atoms with Crippen LogP contribution in [0, 0.1) is 0 Å². The molecule has 0 amide bonds. The highest BCUT2D eigenvalue weighted by atomic mass is 35.5. The van der Waals surface area contributed by atoms with Crippen LogP contribution >= 0.6 is 11.6 Å². The van der Waals surface area contributed by atoms with Gasteiger partial charge in [0.1, 0.15) is 0 Å². The van der Waals surface area contributed by atoms with Gasteiger partial charge in [-0.2, -0.15) is 8.42 Å². The topological polar surface area (TPSA) is 82.3 Å². The van der Waals surface area contributed by atoms with Gasteiger partial charge in [0.25, 0.3) is 10.0 Å². The van der Waals surface area contributed by atoms with Gasteiger partial charge in [-0.3, -0.25) is 5.21 Å². The number of nitrogens with zero attached hydrogens (tertiary/aromatic N) is 3. The number of hydroxylamine groups is 2. The molecule has 0 saturated carbocycles. The first-order chi connectivity index (χ1) is 9.49. The molecule has 1 aliphatic heterocycles.